The fourth-order valence-electron chi connectivity index (χ4n) is 5.32. The van der Waals surface area contributed by atoms with Crippen molar-refractivity contribution in [3.63, 3.8) is 0 Å². The highest BCUT2D eigenvalue weighted by Gasteiger charge is 2.43. The molecule has 10 nitrogen and oxygen atoms in total. The number of esters is 1. The van der Waals surface area contributed by atoms with E-state index in [0.29, 0.717) is 45.3 Å². The number of fused-ring (bicyclic) bond motifs is 1. The summed E-state index contributed by atoms with van der Waals surface area (Å²) in [5.74, 6) is -0.423. The molecule has 1 aliphatic rings. The molecule has 0 unspecified atom stereocenters. The molecule has 240 valence electrons. The van der Waals surface area contributed by atoms with E-state index < -0.39 is 29.6 Å². The summed E-state index contributed by atoms with van der Waals surface area (Å²) in [5, 5.41) is 10.6. The number of ether oxygens (including phenoxy) is 4. The van der Waals surface area contributed by atoms with Gasteiger partial charge < -0.3 is 33.9 Å². The number of carbonyl (C=O) groups excluding carboxylic acids is 3. The molecule has 3 aromatic carbocycles. The smallest absolute Gasteiger partial charge is 0.337 e. The maximum Gasteiger partial charge on any atom is 0.337 e. The van der Waals surface area contributed by atoms with Crippen LogP contribution in [0.2, 0.25) is 5.02 Å². The Morgan fingerprint density at radius 2 is 1.73 bits per heavy atom. The standard InChI is InChI=1S/C34H39ClN2O8/c1-21(39)36(17-16-22-10-12-23(13-11-22)33(41)44-6)32-31(40)37(19-34(2,3)20-38)27-15-14-24(35)18-26(27)29(45-32)25-8-7-9-28(42-4)30(25)43-5/h7-15,18,29,32,38H,16-17,19-20H2,1-6H3/t29-,32-/m1/s1. The van der Waals surface area contributed by atoms with Crippen molar-refractivity contribution in [3.8, 4) is 11.5 Å². The van der Waals surface area contributed by atoms with Gasteiger partial charge in [-0.1, -0.05) is 49.7 Å². The summed E-state index contributed by atoms with van der Waals surface area (Å²) in [6.07, 6.45) is -1.87. The van der Waals surface area contributed by atoms with Gasteiger partial charge in [0.05, 0.1) is 32.6 Å². The lowest BCUT2D eigenvalue weighted by Gasteiger charge is -2.35. The molecule has 0 spiro atoms. The second kappa shape index (κ2) is 14.3. The highest BCUT2D eigenvalue weighted by Crippen LogP contribution is 2.45. The van der Waals surface area contributed by atoms with Crippen molar-refractivity contribution in [3.05, 3.63) is 87.9 Å². The lowest BCUT2D eigenvalue weighted by molar-refractivity contribution is -0.161. The van der Waals surface area contributed by atoms with Crippen molar-refractivity contribution >= 4 is 35.1 Å². The number of carbonyl (C=O) groups is 3. The second-order valence-corrected chi connectivity index (χ2v) is 12.0. The predicted octanol–water partition coefficient (Wildman–Crippen LogP) is 5.03. The molecule has 45 heavy (non-hydrogen) atoms. The molecular formula is C34H39ClN2O8. The third-order valence-electron chi connectivity index (χ3n) is 7.74. The van der Waals surface area contributed by atoms with Gasteiger partial charge in [0.1, 0.15) is 6.10 Å². The zero-order valence-electron chi connectivity index (χ0n) is 26.3. The Hall–Kier alpha value is -4.12. The number of benzene rings is 3. The van der Waals surface area contributed by atoms with Gasteiger partial charge in [-0.15, -0.1) is 0 Å². The summed E-state index contributed by atoms with van der Waals surface area (Å²) in [6.45, 7) is 5.17. The summed E-state index contributed by atoms with van der Waals surface area (Å²) >= 11 is 6.52. The number of hydrogen-bond acceptors (Lipinski definition) is 8. The number of aliphatic hydroxyl groups is 1. The number of methoxy groups -OCH3 is 3. The Morgan fingerprint density at radius 1 is 1.02 bits per heavy atom. The van der Waals surface area contributed by atoms with E-state index >= 15 is 0 Å². The number of halogens is 1. The normalized spacial score (nSPS) is 16.4. The quantitative estimate of drug-likeness (QED) is 0.291. The van der Waals surface area contributed by atoms with Crippen LogP contribution < -0.4 is 14.4 Å². The summed E-state index contributed by atoms with van der Waals surface area (Å²) < 4.78 is 22.8. The van der Waals surface area contributed by atoms with Gasteiger partial charge in [0.25, 0.3) is 5.91 Å². The van der Waals surface area contributed by atoms with Crippen LogP contribution in [-0.4, -0.2) is 75.0 Å². The van der Waals surface area contributed by atoms with E-state index in [-0.39, 0.29) is 25.6 Å². The molecule has 4 rings (SSSR count). The van der Waals surface area contributed by atoms with Gasteiger partial charge in [0, 0.05) is 48.2 Å². The van der Waals surface area contributed by atoms with Crippen molar-refractivity contribution in [2.45, 2.75) is 39.5 Å². The van der Waals surface area contributed by atoms with E-state index in [4.69, 9.17) is 30.5 Å². The molecule has 0 bridgehead atoms. The van der Waals surface area contributed by atoms with Gasteiger partial charge in [-0.25, -0.2) is 4.79 Å². The molecule has 3 aromatic rings. The molecule has 2 amide bonds. The average molecular weight is 639 g/mol. The number of amides is 2. The van der Waals surface area contributed by atoms with Crippen molar-refractivity contribution in [1.82, 2.24) is 4.90 Å². The zero-order valence-corrected chi connectivity index (χ0v) is 27.1. The number of nitrogens with zero attached hydrogens (tertiary/aromatic N) is 2. The zero-order chi connectivity index (χ0) is 32.9. The Labute approximate surface area is 268 Å². The molecule has 0 aliphatic carbocycles. The molecule has 11 heteroatoms. The molecular weight excluding hydrogens is 600 g/mol. The van der Waals surface area contributed by atoms with Crippen LogP contribution in [0.1, 0.15) is 53.9 Å². The summed E-state index contributed by atoms with van der Waals surface area (Å²) in [4.78, 5) is 42.6. The lowest BCUT2D eigenvalue weighted by atomic mass is 9.92. The number of aliphatic hydroxyl groups excluding tert-OH is 1. The predicted molar refractivity (Wildman–Crippen MR) is 170 cm³/mol. The molecule has 1 N–H and O–H groups in total. The molecule has 0 saturated carbocycles. The largest absolute Gasteiger partial charge is 0.493 e. The molecule has 2 atom stereocenters. The van der Waals surface area contributed by atoms with Crippen LogP contribution >= 0.6 is 11.6 Å². The van der Waals surface area contributed by atoms with Crippen molar-refractivity contribution in [2.24, 2.45) is 5.41 Å². The molecule has 0 fully saturated rings. The van der Waals surface area contributed by atoms with Gasteiger partial charge in [-0.05, 0) is 48.4 Å². The molecule has 0 aromatic heterocycles. The monoisotopic (exact) mass is 638 g/mol. The third kappa shape index (κ3) is 7.41. The van der Waals surface area contributed by atoms with Gasteiger partial charge in [0.2, 0.25) is 12.1 Å². The van der Waals surface area contributed by atoms with Crippen molar-refractivity contribution in [1.29, 1.82) is 0 Å². The van der Waals surface area contributed by atoms with E-state index in [1.54, 1.807) is 59.5 Å². The van der Waals surface area contributed by atoms with Gasteiger partial charge in [-0.3, -0.25) is 9.59 Å². The van der Waals surface area contributed by atoms with Crippen molar-refractivity contribution in [2.75, 3.05) is 45.9 Å². The minimum absolute atomic E-state index is 0.138. The van der Waals surface area contributed by atoms with Crippen molar-refractivity contribution < 1.29 is 38.4 Å². The van der Waals surface area contributed by atoms with Crippen LogP contribution in [0.5, 0.6) is 11.5 Å². The number of anilines is 1. The summed E-state index contributed by atoms with van der Waals surface area (Å²) in [5.41, 5.74) is 2.25. The molecule has 0 radical (unpaired) electrons. The van der Waals surface area contributed by atoms with Crippen LogP contribution in [0.15, 0.2) is 60.7 Å². The summed E-state index contributed by atoms with van der Waals surface area (Å²) in [6, 6.07) is 17.4. The maximum atomic E-state index is 14.5. The molecule has 1 aliphatic heterocycles. The number of hydrogen-bond donors (Lipinski definition) is 1. The first kappa shape index (κ1) is 33.8. The first-order chi connectivity index (χ1) is 21.4. The first-order valence-corrected chi connectivity index (χ1v) is 14.8. The molecule has 1 heterocycles. The third-order valence-corrected chi connectivity index (χ3v) is 7.97. The Bertz CT molecular complexity index is 1540. The minimum Gasteiger partial charge on any atom is -0.493 e. The van der Waals surface area contributed by atoms with Gasteiger partial charge in [-0.2, -0.15) is 0 Å². The number of rotatable bonds is 11. The van der Waals surface area contributed by atoms with E-state index in [1.165, 1.54) is 33.2 Å². The SMILES string of the molecule is COC(=O)c1ccc(CCN(C(C)=O)[C@@H]2O[C@H](c3cccc(OC)c3OC)c3cc(Cl)ccc3N(CC(C)(C)CO)C2=O)cc1. The average Bonchev–Trinajstić information content (AvgIpc) is 3.14. The topological polar surface area (TPSA) is 115 Å². The van der Waals surface area contributed by atoms with Crippen LogP contribution in [-0.2, 0) is 25.5 Å². The second-order valence-electron chi connectivity index (χ2n) is 11.6. The van der Waals surface area contributed by atoms with Gasteiger partial charge in [0.15, 0.2) is 11.5 Å². The fraction of sp³-hybridized carbons (Fsp3) is 0.382. The lowest BCUT2D eigenvalue weighted by Crippen LogP contribution is -2.53. The van der Waals surface area contributed by atoms with E-state index in [2.05, 4.69) is 0 Å². The fourth-order valence-corrected chi connectivity index (χ4v) is 5.50. The highest BCUT2D eigenvalue weighted by atomic mass is 35.5. The van der Waals surface area contributed by atoms with Crippen LogP contribution in [0, 0.1) is 5.41 Å². The summed E-state index contributed by atoms with van der Waals surface area (Å²) in [7, 11) is 4.36. The van der Waals surface area contributed by atoms with Crippen LogP contribution in [0.25, 0.3) is 0 Å². The highest BCUT2D eigenvalue weighted by molar-refractivity contribution is 6.30. The first-order valence-electron chi connectivity index (χ1n) is 14.5. The van der Waals surface area contributed by atoms with Crippen LogP contribution in [0.4, 0.5) is 5.69 Å². The van der Waals surface area contributed by atoms with Gasteiger partial charge >= 0.3 is 5.97 Å². The van der Waals surface area contributed by atoms with Crippen LogP contribution in [0.3, 0.4) is 0 Å². The van der Waals surface area contributed by atoms with E-state index in [1.807, 2.05) is 19.9 Å². The number of para-hydroxylation sites is 1. The Morgan fingerprint density at radius 3 is 2.33 bits per heavy atom. The molecule has 0 saturated heterocycles. The van der Waals surface area contributed by atoms with E-state index in [9.17, 15) is 19.5 Å². The Kier molecular flexibility index (Phi) is 10.7. The maximum absolute atomic E-state index is 14.5. The Balaban J connectivity index is 1.84. The van der Waals surface area contributed by atoms with E-state index in [0.717, 1.165) is 5.56 Å². The minimum atomic E-state index is -1.35.